The average Bonchev–Trinajstić information content (AvgIpc) is 3.10. The summed E-state index contributed by atoms with van der Waals surface area (Å²) in [5.74, 6) is -0.413. The van der Waals surface area contributed by atoms with E-state index in [1.54, 1.807) is 6.07 Å². The summed E-state index contributed by atoms with van der Waals surface area (Å²) in [5, 5.41) is 2.96. The summed E-state index contributed by atoms with van der Waals surface area (Å²) >= 11 is 0. The number of rotatable bonds is 5. The molecule has 1 amide bonds. The summed E-state index contributed by atoms with van der Waals surface area (Å²) < 4.78 is 13.2. The highest BCUT2D eigenvalue weighted by atomic mass is 19.1. The van der Waals surface area contributed by atoms with E-state index in [0.717, 1.165) is 24.8 Å². The quantitative estimate of drug-likeness (QED) is 0.840. The van der Waals surface area contributed by atoms with Crippen molar-refractivity contribution in [3.05, 3.63) is 35.6 Å². The number of hydrogen-bond donors (Lipinski definition) is 2. The molecule has 0 spiro atoms. The van der Waals surface area contributed by atoms with Crippen LogP contribution in [0.5, 0.6) is 0 Å². The third-order valence-corrected chi connectivity index (χ3v) is 3.43. The number of nitrogens with one attached hydrogen (secondary N) is 1. The molecular weight excluding hydrogens is 231 g/mol. The lowest BCUT2D eigenvalue weighted by atomic mass is 10.0. The minimum Gasteiger partial charge on any atom is -0.345 e. The fourth-order valence-corrected chi connectivity index (χ4v) is 2.17. The van der Waals surface area contributed by atoms with E-state index in [2.05, 4.69) is 5.32 Å². The molecule has 1 saturated carbocycles. The summed E-state index contributed by atoms with van der Waals surface area (Å²) in [6.45, 7) is 1.99. The largest absolute Gasteiger partial charge is 0.345 e. The fourth-order valence-electron chi connectivity index (χ4n) is 2.17. The van der Waals surface area contributed by atoms with Gasteiger partial charge in [0.2, 0.25) is 5.91 Å². The molecule has 1 atom stereocenters. The first-order chi connectivity index (χ1) is 8.57. The molecular formula is C14H19FN2O. The van der Waals surface area contributed by atoms with Gasteiger partial charge in [0, 0.05) is 0 Å². The molecule has 4 heteroatoms. The standard InChI is InChI=1S/C14H19FN2O/c1-2-4-12(16)13(18)17-14(7-8-14)10-5-3-6-11(15)9-10/h3,5-6,9,12H,2,4,7-8,16H2,1H3,(H,17,18). The van der Waals surface area contributed by atoms with Gasteiger partial charge in [0.05, 0.1) is 11.6 Å². The molecule has 1 aromatic carbocycles. The zero-order valence-corrected chi connectivity index (χ0v) is 10.6. The molecule has 3 nitrogen and oxygen atoms in total. The molecule has 0 bridgehead atoms. The molecule has 3 N–H and O–H groups in total. The van der Waals surface area contributed by atoms with Crippen molar-refractivity contribution in [3.63, 3.8) is 0 Å². The Labute approximate surface area is 107 Å². The van der Waals surface area contributed by atoms with Crippen LogP contribution in [0.4, 0.5) is 4.39 Å². The highest BCUT2D eigenvalue weighted by Crippen LogP contribution is 2.45. The maximum absolute atomic E-state index is 13.2. The maximum Gasteiger partial charge on any atom is 0.237 e. The first-order valence-corrected chi connectivity index (χ1v) is 6.41. The van der Waals surface area contributed by atoms with Crippen molar-refractivity contribution in [2.75, 3.05) is 0 Å². The zero-order valence-electron chi connectivity index (χ0n) is 10.6. The van der Waals surface area contributed by atoms with E-state index in [-0.39, 0.29) is 17.3 Å². The number of halogens is 1. The van der Waals surface area contributed by atoms with E-state index in [1.807, 2.05) is 13.0 Å². The Kier molecular flexibility index (Phi) is 3.66. The van der Waals surface area contributed by atoms with Crippen LogP contribution >= 0.6 is 0 Å². The van der Waals surface area contributed by atoms with E-state index >= 15 is 0 Å². The van der Waals surface area contributed by atoms with Gasteiger partial charge in [-0.15, -0.1) is 0 Å². The monoisotopic (exact) mass is 250 g/mol. The zero-order chi connectivity index (χ0) is 13.2. The lowest BCUT2D eigenvalue weighted by Crippen LogP contribution is -2.45. The molecule has 1 fully saturated rings. The van der Waals surface area contributed by atoms with Crippen molar-refractivity contribution in [2.45, 2.75) is 44.2 Å². The molecule has 2 rings (SSSR count). The second kappa shape index (κ2) is 5.06. The summed E-state index contributed by atoms with van der Waals surface area (Å²) in [6, 6.07) is 5.94. The van der Waals surface area contributed by atoms with Gasteiger partial charge in [0.15, 0.2) is 0 Å². The Bertz CT molecular complexity index is 443. The smallest absolute Gasteiger partial charge is 0.237 e. The second-order valence-corrected chi connectivity index (χ2v) is 4.98. The fraction of sp³-hybridized carbons (Fsp3) is 0.500. The number of benzene rings is 1. The first-order valence-electron chi connectivity index (χ1n) is 6.41. The third-order valence-electron chi connectivity index (χ3n) is 3.43. The third kappa shape index (κ3) is 2.70. The topological polar surface area (TPSA) is 55.1 Å². The summed E-state index contributed by atoms with van der Waals surface area (Å²) in [7, 11) is 0. The van der Waals surface area contributed by atoms with E-state index in [4.69, 9.17) is 5.73 Å². The van der Waals surface area contributed by atoms with Crippen LogP contribution in [0.3, 0.4) is 0 Å². The number of nitrogens with two attached hydrogens (primary N) is 1. The molecule has 1 aliphatic carbocycles. The molecule has 0 heterocycles. The van der Waals surface area contributed by atoms with Gasteiger partial charge in [0.25, 0.3) is 0 Å². The minimum absolute atomic E-state index is 0.140. The van der Waals surface area contributed by atoms with Gasteiger partial charge >= 0.3 is 0 Å². The van der Waals surface area contributed by atoms with Crippen LogP contribution < -0.4 is 11.1 Å². The summed E-state index contributed by atoms with van der Waals surface area (Å²) in [4.78, 5) is 11.9. The molecule has 0 aromatic heterocycles. The van der Waals surface area contributed by atoms with Gasteiger partial charge in [-0.1, -0.05) is 25.5 Å². The minimum atomic E-state index is -0.471. The molecule has 98 valence electrons. The van der Waals surface area contributed by atoms with Crippen LogP contribution in [0, 0.1) is 5.82 Å². The molecule has 1 aliphatic rings. The van der Waals surface area contributed by atoms with Crippen molar-refractivity contribution in [3.8, 4) is 0 Å². The van der Waals surface area contributed by atoms with Gasteiger partial charge in [-0.3, -0.25) is 4.79 Å². The maximum atomic E-state index is 13.2. The second-order valence-electron chi connectivity index (χ2n) is 4.98. The van der Waals surface area contributed by atoms with Crippen LogP contribution in [0.15, 0.2) is 24.3 Å². The van der Waals surface area contributed by atoms with Crippen LogP contribution in [-0.4, -0.2) is 11.9 Å². The van der Waals surface area contributed by atoms with E-state index < -0.39 is 6.04 Å². The highest BCUT2D eigenvalue weighted by molar-refractivity contribution is 5.82. The Hall–Kier alpha value is -1.42. The van der Waals surface area contributed by atoms with E-state index in [9.17, 15) is 9.18 Å². The van der Waals surface area contributed by atoms with Crippen LogP contribution in [0.1, 0.15) is 38.2 Å². The predicted molar refractivity (Wildman–Crippen MR) is 68.3 cm³/mol. The lowest BCUT2D eigenvalue weighted by Gasteiger charge is -2.20. The normalized spacial score (nSPS) is 18.2. The first kappa shape index (κ1) is 13.0. The lowest BCUT2D eigenvalue weighted by molar-refractivity contribution is -0.123. The van der Waals surface area contributed by atoms with Crippen molar-refractivity contribution in [2.24, 2.45) is 5.73 Å². The molecule has 0 aliphatic heterocycles. The van der Waals surface area contributed by atoms with Gasteiger partial charge in [-0.25, -0.2) is 4.39 Å². The average molecular weight is 250 g/mol. The summed E-state index contributed by atoms with van der Waals surface area (Å²) in [5.41, 5.74) is 6.23. The molecule has 1 aromatic rings. The van der Waals surface area contributed by atoms with Crippen molar-refractivity contribution >= 4 is 5.91 Å². The summed E-state index contributed by atoms with van der Waals surface area (Å²) in [6.07, 6.45) is 3.24. The molecule has 1 unspecified atom stereocenters. The van der Waals surface area contributed by atoms with Crippen molar-refractivity contribution in [1.82, 2.24) is 5.32 Å². The Balaban J connectivity index is 2.07. The number of hydrogen-bond acceptors (Lipinski definition) is 2. The van der Waals surface area contributed by atoms with Crippen molar-refractivity contribution < 1.29 is 9.18 Å². The number of amides is 1. The van der Waals surface area contributed by atoms with Gasteiger partial charge in [-0.2, -0.15) is 0 Å². The van der Waals surface area contributed by atoms with E-state index in [1.165, 1.54) is 12.1 Å². The molecule has 0 radical (unpaired) electrons. The SMILES string of the molecule is CCCC(N)C(=O)NC1(c2cccc(F)c2)CC1. The van der Waals surface area contributed by atoms with Crippen LogP contribution in [0.25, 0.3) is 0 Å². The predicted octanol–water partition coefficient (Wildman–Crippen LogP) is 2.06. The van der Waals surface area contributed by atoms with Crippen LogP contribution in [0.2, 0.25) is 0 Å². The number of carbonyl (C=O) groups is 1. The van der Waals surface area contributed by atoms with E-state index in [0.29, 0.717) is 6.42 Å². The van der Waals surface area contributed by atoms with Gasteiger partial charge in [-0.05, 0) is 37.0 Å². The Morgan fingerprint density at radius 1 is 1.56 bits per heavy atom. The highest BCUT2D eigenvalue weighted by Gasteiger charge is 2.46. The number of carbonyl (C=O) groups excluding carboxylic acids is 1. The van der Waals surface area contributed by atoms with Crippen LogP contribution in [-0.2, 0) is 10.3 Å². The Morgan fingerprint density at radius 2 is 2.28 bits per heavy atom. The van der Waals surface area contributed by atoms with Gasteiger partial charge < -0.3 is 11.1 Å². The Morgan fingerprint density at radius 3 is 2.83 bits per heavy atom. The van der Waals surface area contributed by atoms with Crippen molar-refractivity contribution in [1.29, 1.82) is 0 Å². The molecule has 0 saturated heterocycles. The van der Waals surface area contributed by atoms with Gasteiger partial charge in [0.1, 0.15) is 5.82 Å². The molecule has 18 heavy (non-hydrogen) atoms.